The molecule has 0 aliphatic rings. The Morgan fingerprint density at radius 1 is 1.20 bits per heavy atom. The molecule has 0 radical (unpaired) electrons. The first kappa shape index (κ1) is 14.5. The summed E-state index contributed by atoms with van der Waals surface area (Å²) in [6, 6.07) is 12.7. The van der Waals surface area contributed by atoms with Gasteiger partial charge in [0.2, 0.25) is 0 Å². The molecule has 0 spiro atoms. The smallest absolute Gasteiger partial charge is 0.101 e. The van der Waals surface area contributed by atoms with Crippen molar-refractivity contribution in [1.82, 2.24) is 0 Å². The van der Waals surface area contributed by atoms with Gasteiger partial charge in [-0.05, 0) is 42.8 Å². The largest absolute Gasteiger partial charge is 0.398 e. The van der Waals surface area contributed by atoms with E-state index in [0.29, 0.717) is 21.3 Å². The average molecular weight is 306 g/mol. The van der Waals surface area contributed by atoms with Gasteiger partial charge in [0.25, 0.3) is 0 Å². The molecule has 0 saturated carbocycles. The van der Waals surface area contributed by atoms with Crippen LogP contribution in [0.25, 0.3) is 0 Å². The van der Waals surface area contributed by atoms with Crippen LogP contribution in [0, 0.1) is 11.3 Å². The van der Waals surface area contributed by atoms with Crippen LogP contribution in [0.3, 0.4) is 0 Å². The van der Waals surface area contributed by atoms with Gasteiger partial charge in [-0.1, -0.05) is 29.3 Å². The molecule has 2 aromatic rings. The summed E-state index contributed by atoms with van der Waals surface area (Å²) in [7, 11) is 0. The Kier molecular flexibility index (Phi) is 4.39. The van der Waals surface area contributed by atoms with Crippen LogP contribution in [0.5, 0.6) is 0 Å². The summed E-state index contributed by atoms with van der Waals surface area (Å²) in [5, 5.41) is 13.4. The highest BCUT2D eigenvalue weighted by molar-refractivity contribution is 6.35. The maximum Gasteiger partial charge on any atom is 0.101 e. The number of benzene rings is 2. The summed E-state index contributed by atoms with van der Waals surface area (Å²) in [5.74, 6) is 0. The highest BCUT2D eigenvalue weighted by atomic mass is 35.5. The highest BCUT2D eigenvalue weighted by Crippen LogP contribution is 2.29. The fraction of sp³-hybridized carbons (Fsp3) is 0.133. The van der Waals surface area contributed by atoms with Crippen LogP contribution in [0.1, 0.15) is 24.1 Å². The fourth-order valence-electron chi connectivity index (χ4n) is 1.93. The molecule has 20 heavy (non-hydrogen) atoms. The Morgan fingerprint density at radius 3 is 2.55 bits per heavy atom. The number of hydrogen-bond acceptors (Lipinski definition) is 3. The van der Waals surface area contributed by atoms with Gasteiger partial charge >= 0.3 is 0 Å². The second-order valence-corrected chi connectivity index (χ2v) is 5.29. The molecule has 2 rings (SSSR count). The number of hydrogen-bond donors (Lipinski definition) is 2. The maximum atomic E-state index is 8.85. The zero-order chi connectivity index (χ0) is 14.7. The van der Waals surface area contributed by atoms with E-state index in [1.165, 1.54) is 0 Å². The molecule has 1 atom stereocenters. The Labute approximate surface area is 127 Å². The molecule has 3 N–H and O–H groups in total. The predicted molar refractivity (Wildman–Crippen MR) is 84.1 cm³/mol. The number of anilines is 2. The number of rotatable bonds is 3. The summed E-state index contributed by atoms with van der Waals surface area (Å²) < 4.78 is 0. The third-order valence-corrected chi connectivity index (χ3v) is 3.55. The van der Waals surface area contributed by atoms with Gasteiger partial charge in [0.05, 0.1) is 11.3 Å². The normalized spacial score (nSPS) is 11.7. The minimum atomic E-state index is -0.00731. The van der Waals surface area contributed by atoms with Crippen molar-refractivity contribution in [2.75, 3.05) is 11.1 Å². The van der Waals surface area contributed by atoms with E-state index < -0.39 is 0 Å². The first-order chi connectivity index (χ1) is 9.51. The lowest BCUT2D eigenvalue weighted by Crippen LogP contribution is -2.07. The molecule has 102 valence electrons. The predicted octanol–water partition coefficient (Wildman–Crippen LogP) is 4.62. The van der Waals surface area contributed by atoms with E-state index in [2.05, 4.69) is 5.32 Å². The molecule has 0 aliphatic carbocycles. The van der Waals surface area contributed by atoms with Crippen molar-refractivity contribution in [3.8, 4) is 6.07 Å². The zero-order valence-electron chi connectivity index (χ0n) is 10.8. The molecule has 2 aromatic carbocycles. The molecule has 0 aromatic heterocycles. The van der Waals surface area contributed by atoms with Crippen LogP contribution >= 0.6 is 23.2 Å². The minimum absolute atomic E-state index is 0.00731. The molecule has 0 heterocycles. The van der Waals surface area contributed by atoms with E-state index in [9.17, 15) is 0 Å². The van der Waals surface area contributed by atoms with Crippen molar-refractivity contribution in [2.24, 2.45) is 0 Å². The van der Waals surface area contributed by atoms with Crippen LogP contribution in [0.15, 0.2) is 36.4 Å². The van der Waals surface area contributed by atoms with E-state index in [0.717, 1.165) is 11.3 Å². The molecule has 3 nitrogen and oxygen atoms in total. The first-order valence-corrected chi connectivity index (χ1v) is 6.78. The van der Waals surface area contributed by atoms with Gasteiger partial charge in [-0.2, -0.15) is 5.26 Å². The zero-order valence-corrected chi connectivity index (χ0v) is 12.3. The summed E-state index contributed by atoms with van der Waals surface area (Å²) in [6.45, 7) is 1.99. The average Bonchev–Trinajstić information content (AvgIpc) is 2.38. The van der Waals surface area contributed by atoms with Gasteiger partial charge in [-0.15, -0.1) is 0 Å². The van der Waals surface area contributed by atoms with Crippen LogP contribution < -0.4 is 11.1 Å². The summed E-state index contributed by atoms with van der Waals surface area (Å²) in [4.78, 5) is 0. The summed E-state index contributed by atoms with van der Waals surface area (Å²) in [5.41, 5.74) is 8.48. The summed E-state index contributed by atoms with van der Waals surface area (Å²) in [6.07, 6.45) is 0. The molecule has 5 heteroatoms. The molecule has 0 aliphatic heterocycles. The second-order valence-electron chi connectivity index (χ2n) is 4.45. The minimum Gasteiger partial charge on any atom is -0.398 e. The molecule has 0 amide bonds. The van der Waals surface area contributed by atoms with Crippen LogP contribution in [0.4, 0.5) is 11.4 Å². The van der Waals surface area contributed by atoms with Crippen molar-refractivity contribution in [1.29, 1.82) is 5.26 Å². The number of nitrogens with two attached hydrogens (primary N) is 1. The number of nitriles is 1. The Hall–Kier alpha value is -1.89. The molecule has 1 unspecified atom stereocenters. The standard InChI is InChI=1S/C15H13Cl2N3/c1-9(13-5-3-11(16)6-14(13)17)20-12-4-2-10(8-18)15(19)7-12/h2-7,9,20H,19H2,1H3. The molecule has 0 bridgehead atoms. The second kappa shape index (κ2) is 6.04. The van der Waals surface area contributed by atoms with E-state index in [1.54, 1.807) is 24.3 Å². The van der Waals surface area contributed by atoms with Crippen molar-refractivity contribution in [2.45, 2.75) is 13.0 Å². The fourth-order valence-corrected chi connectivity index (χ4v) is 2.51. The first-order valence-electron chi connectivity index (χ1n) is 6.02. The number of halogens is 2. The van der Waals surface area contributed by atoms with Gasteiger partial charge in [0.1, 0.15) is 6.07 Å². The topological polar surface area (TPSA) is 61.8 Å². The Balaban J connectivity index is 2.21. The maximum absolute atomic E-state index is 8.85. The van der Waals surface area contributed by atoms with Gasteiger partial charge in [0.15, 0.2) is 0 Å². The van der Waals surface area contributed by atoms with E-state index in [-0.39, 0.29) is 6.04 Å². The molecule has 0 saturated heterocycles. The molecular weight excluding hydrogens is 293 g/mol. The molecular formula is C15H13Cl2N3. The third-order valence-electron chi connectivity index (χ3n) is 2.98. The van der Waals surface area contributed by atoms with Gasteiger partial charge in [0, 0.05) is 21.8 Å². The number of nitrogens with one attached hydrogen (secondary N) is 1. The third kappa shape index (κ3) is 3.16. The Bertz CT molecular complexity index is 677. The SMILES string of the molecule is CC(Nc1ccc(C#N)c(N)c1)c1ccc(Cl)cc1Cl. The van der Waals surface area contributed by atoms with E-state index in [1.807, 2.05) is 25.1 Å². The lowest BCUT2D eigenvalue weighted by molar-refractivity contribution is 0.885. The summed E-state index contributed by atoms with van der Waals surface area (Å²) >= 11 is 12.1. The van der Waals surface area contributed by atoms with Gasteiger partial charge in [-0.25, -0.2) is 0 Å². The van der Waals surface area contributed by atoms with Crippen LogP contribution in [-0.4, -0.2) is 0 Å². The van der Waals surface area contributed by atoms with Gasteiger partial charge in [-0.3, -0.25) is 0 Å². The Morgan fingerprint density at radius 2 is 1.95 bits per heavy atom. The van der Waals surface area contributed by atoms with Crippen molar-refractivity contribution in [3.05, 3.63) is 57.6 Å². The molecule has 0 fully saturated rings. The quantitative estimate of drug-likeness (QED) is 0.813. The van der Waals surface area contributed by atoms with Crippen molar-refractivity contribution in [3.63, 3.8) is 0 Å². The monoisotopic (exact) mass is 305 g/mol. The number of nitrogens with zero attached hydrogens (tertiary/aromatic N) is 1. The van der Waals surface area contributed by atoms with Crippen molar-refractivity contribution >= 4 is 34.6 Å². The van der Waals surface area contributed by atoms with Gasteiger partial charge < -0.3 is 11.1 Å². The van der Waals surface area contributed by atoms with E-state index >= 15 is 0 Å². The van der Waals surface area contributed by atoms with Crippen molar-refractivity contribution < 1.29 is 0 Å². The van der Waals surface area contributed by atoms with E-state index in [4.69, 9.17) is 34.2 Å². The van der Waals surface area contributed by atoms with Crippen LogP contribution in [-0.2, 0) is 0 Å². The highest BCUT2D eigenvalue weighted by Gasteiger charge is 2.10. The number of nitrogen functional groups attached to an aromatic ring is 1. The lowest BCUT2D eigenvalue weighted by Gasteiger charge is -2.17. The van der Waals surface area contributed by atoms with Crippen LogP contribution in [0.2, 0.25) is 10.0 Å². The lowest BCUT2D eigenvalue weighted by atomic mass is 10.1.